The highest BCUT2D eigenvalue weighted by molar-refractivity contribution is 6.73. The topological polar surface area (TPSA) is 12.5 Å². The van der Waals surface area contributed by atoms with E-state index in [1.54, 1.807) is 0 Å². The number of likely N-dealkylation sites (N-methyl/N-ethyl adjacent to an activating group) is 1. The highest BCUT2D eigenvalue weighted by atomic mass is 28.3. The summed E-state index contributed by atoms with van der Waals surface area (Å²) in [6, 6.07) is 0. The largest absolute Gasteiger partial charge is 0.415 e. The van der Waals surface area contributed by atoms with Gasteiger partial charge in [-0.15, -0.1) is 0 Å². The van der Waals surface area contributed by atoms with Gasteiger partial charge in [-0.3, -0.25) is 0 Å². The fourth-order valence-corrected chi connectivity index (χ4v) is 3.12. The molecule has 0 fully saturated rings. The van der Waals surface area contributed by atoms with Crippen LogP contribution >= 0.6 is 0 Å². The average molecular weight is 292 g/mol. The predicted molar refractivity (Wildman–Crippen MR) is 87.3 cm³/mol. The van der Waals surface area contributed by atoms with Crippen molar-refractivity contribution in [3.8, 4) is 0 Å². The van der Waals surface area contributed by atoms with Gasteiger partial charge in [-0.25, -0.2) is 0 Å². The number of quaternary nitrogens is 1. The van der Waals surface area contributed by atoms with Gasteiger partial charge >= 0.3 is 0 Å². The standard InChI is InChI=1S/C13H35N2OSi2/c1-14(18(6,7)8)10-9-11-15(2,3)12-13-16-17(4)5/h17H,9-13H2,1-8H3/q+1. The minimum atomic E-state index is -1.09. The summed E-state index contributed by atoms with van der Waals surface area (Å²) in [6.45, 7) is 16.3. The summed E-state index contributed by atoms with van der Waals surface area (Å²) in [5, 5.41) is 0. The summed E-state index contributed by atoms with van der Waals surface area (Å²) in [5.41, 5.74) is 0. The molecule has 0 unspecified atom stereocenters. The monoisotopic (exact) mass is 291 g/mol. The summed E-state index contributed by atoms with van der Waals surface area (Å²) < 4.78 is 9.44. The molecule has 0 radical (unpaired) electrons. The molecule has 0 aromatic rings. The lowest BCUT2D eigenvalue weighted by Gasteiger charge is -2.33. The van der Waals surface area contributed by atoms with Crippen molar-refractivity contribution in [3.05, 3.63) is 0 Å². The maximum Gasteiger partial charge on any atom is 0.171 e. The van der Waals surface area contributed by atoms with Crippen LogP contribution in [0.1, 0.15) is 6.42 Å². The fraction of sp³-hybridized carbons (Fsp3) is 1.00. The molecule has 0 bridgehead atoms. The first-order chi connectivity index (χ1) is 8.04. The zero-order chi connectivity index (χ0) is 14.4. The molecule has 0 aliphatic rings. The normalized spacial score (nSPS) is 13.7. The third-order valence-electron chi connectivity index (χ3n) is 3.55. The minimum absolute atomic E-state index is 0.839. The Morgan fingerprint density at radius 2 is 1.67 bits per heavy atom. The summed E-state index contributed by atoms with van der Waals surface area (Å²) in [4.78, 5) is 0. The van der Waals surface area contributed by atoms with Crippen molar-refractivity contribution in [2.45, 2.75) is 39.2 Å². The van der Waals surface area contributed by atoms with Gasteiger partial charge in [-0.1, -0.05) is 19.6 Å². The second-order valence-electron chi connectivity index (χ2n) is 7.25. The first-order valence-corrected chi connectivity index (χ1v) is 13.4. The minimum Gasteiger partial charge on any atom is -0.415 e. The zero-order valence-electron chi connectivity index (χ0n) is 13.9. The van der Waals surface area contributed by atoms with Crippen LogP contribution < -0.4 is 0 Å². The molecule has 0 aromatic carbocycles. The summed E-state index contributed by atoms with van der Waals surface area (Å²) >= 11 is 0. The average Bonchev–Trinajstić information content (AvgIpc) is 2.14. The van der Waals surface area contributed by atoms with E-state index in [1.165, 1.54) is 19.5 Å². The lowest BCUT2D eigenvalue weighted by atomic mass is 10.3. The molecular formula is C13H35N2OSi2+. The Kier molecular flexibility index (Phi) is 7.93. The zero-order valence-corrected chi connectivity index (χ0v) is 16.1. The molecule has 3 nitrogen and oxygen atoms in total. The molecule has 0 aromatic heterocycles. The molecule has 110 valence electrons. The molecule has 0 aliphatic heterocycles. The molecule has 0 N–H and O–H groups in total. The quantitative estimate of drug-likeness (QED) is 0.477. The van der Waals surface area contributed by atoms with E-state index in [9.17, 15) is 0 Å². The van der Waals surface area contributed by atoms with E-state index in [-0.39, 0.29) is 0 Å². The Balaban J connectivity index is 3.83. The maximum absolute atomic E-state index is 5.78. The van der Waals surface area contributed by atoms with Gasteiger partial charge in [-0.05, 0) is 26.7 Å². The van der Waals surface area contributed by atoms with E-state index in [0.29, 0.717) is 0 Å². The molecule has 0 saturated carbocycles. The third-order valence-corrected chi connectivity index (χ3v) is 6.97. The van der Waals surface area contributed by atoms with Crippen molar-refractivity contribution in [2.24, 2.45) is 0 Å². The molecule has 18 heavy (non-hydrogen) atoms. The summed E-state index contributed by atoms with van der Waals surface area (Å²) in [7, 11) is 4.99. The Morgan fingerprint density at radius 3 is 2.11 bits per heavy atom. The third kappa shape index (κ3) is 9.27. The van der Waals surface area contributed by atoms with Gasteiger partial charge in [0.15, 0.2) is 9.04 Å². The van der Waals surface area contributed by atoms with E-state index in [4.69, 9.17) is 4.43 Å². The first-order valence-electron chi connectivity index (χ1n) is 7.19. The first kappa shape index (κ1) is 18.3. The van der Waals surface area contributed by atoms with E-state index >= 15 is 0 Å². The van der Waals surface area contributed by atoms with E-state index in [0.717, 1.165) is 17.6 Å². The van der Waals surface area contributed by atoms with Crippen LogP contribution in [0.2, 0.25) is 32.7 Å². The van der Waals surface area contributed by atoms with E-state index in [1.807, 2.05) is 0 Å². The van der Waals surface area contributed by atoms with Gasteiger partial charge in [0.05, 0.1) is 27.2 Å². The van der Waals surface area contributed by atoms with Crippen molar-refractivity contribution in [2.75, 3.05) is 47.4 Å². The van der Waals surface area contributed by atoms with E-state index < -0.39 is 17.3 Å². The van der Waals surface area contributed by atoms with Gasteiger partial charge in [-0.2, -0.15) is 0 Å². The predicted octanol–water partition coefficient (Wildman–Crippen LogP) is 2.22. The second-order valence-corrected chi connectivity index (χ2v) is 14.8. The van der Waals surface area contributed by atoms with Crippen molar-refractivity contribution in [1.29, 1.82) is 0 Å². The van der Waals surface area contributed by atoms with Crippen LogP contribution in [0, 0.1) is 0 Å². The van der Waals surface area contributed by atoms with Gasteiger partial charge in [0.25, 0.3) is 0 Å². The Hall–Kier alpha value is 0.314. The van der Waals surface area contributed by atoms with Crippen LogP contribution in [0.5, 0.6) is 0 Å². The second kappa shape index (κ2) is 7.79. The smallest absolute Gasteiger partial charge is 0.171 e. The van der Waals surface area contributed by atoms with Gasteiger partial charge in [0.2, 0.25) is 0 Å². The Morgan fingerprint density at radius 1 is 1.11 bits per heavy atom. The van der Waals surface area contributed by atoms with Crippen molar-refractivity contribution in [1.82, 2.24) is 4.57 Å². The van der Waals surface area contributed by atoms with Crippen LogP contribution in [0.15, 0.2) is 0 Å². The molecule has 5 heteroatoms. The maximum atomic E-state index is 5.78. The van der Waals surface area contributed by atoms with Crippen molar-refractivity contribution >= 4 is 17.3 Å². The lowest BCUT2D eigenvalue weighted by Crippen LogP contribution is -2.47. The molecule has 0 atom stereocenters. The van der Waals surface area contributed by atoms with Crippen LogP contribution in [-0.4, -0.2) is 73.7 Å². The molecule has 0 rings (SSSR count). The lowest BCUT2D eigenvalue weighted by molar-refractivity contribution is -0.890. The highest BCUT2D eigenvalue weighted by Gasteiger charge is 2.21. The summed E-state index contributed by atoms with van der Waals surface area (Å²) in [5.74, 6) is 0. The van der Waals surface area contributed by atoms with Crippen LogP contribution in [-0.2, 0) is 4.43 Å². The Bertz CT molecular complexity index is 228. The Labute approximate surface area is 118 Å². The van der Waals surface area contributed by atoms with Gasteiger partial charge in [0.1, 0.15) is 14.8 Å². The number of hydrogen-bond donors (Lipinski definition) is 0. The molecule has 0 amide bonds. The van der Waals surface area contributed by atoms with Crippen molar-refractivity contribution < 1.29 is 8.91 Å². The van der Waals surface area contributed by atoms with Gasteiger partial charge in [0, 0.05) is 6.42 Å². The SMILES string of the molecule is CN(CCC[N+](C)(C)CCO[SiH](C)C)[Si](C)(C)C. The van der Waals surface area contributed by atoms with Crippen LogP contribution in [0.4, 0.5) is 0 Å². The van der Waals surface area contributed by atoms with Crippen LogP contribution in [0.25, 0.3) is 0 Å². The van der Waals surface area contributed by atoms with E-state index in [2.05, 4.69) is 58.4 Å². The number of rotatable bonds is 9. The number of hydrogen-bond acceptors (Lipinski definition) is 2. The summed E-state index contributed by atoms with van der Waals surface area (Å²) in [6.07, 6.45) is 1.28. The molecule has 0 spiro atoms. The number of nitrogens with zero attached hydrogens (tertiary/aromatic N) is 2. The highest BCUT2D eigenvalue weighted by Crippen LogP contribution is 2.08. The van der Waals surface area contributed by atoms with Crippen molar-refractivity contribution in [3.63, 3.8) is 0 Å². The van der Waals surface area contributed by atoms with Gasteiger partial charge < -0.3 is 13.5 Å². The molecular weight excluding hydrogens is 256 g/mol. The fourth-order valence-electron chi connectivity index (χ4n) is 1.72. The molecule has 0 aliphatic carbocycles. The molecule has 0 heterocycles. The van der Waals surface area contributed by atoms with Crippen LogP contribution in [0.3, 0.4) is 0 Å². The molecule has 0 saturated heterocycles.